The molecule has 6 N–H and O–H groups in total. The monoisotopic (exact) mass is 481 g/mol. The van der Waals surface area contributed by atoms with Crippen molar-refractivity contribution < 1.29 is 24.9 Å². The third-order valence-electron chi connectivity index (χ3n) is 5.68. The van der Waals surface area contributed by atoms with E-state index in [1.54, 1.807) is 18.2 Å². The van der Waals surface area contributed by atoms with E-state index in [0.717, 1.165) is 11.1 Å². The molecule has 2 aromatic carbocycles. The first kappa shape index (κ1) is 24.4. The number of carbonyl (C=O) groups excluding carboxylic acids is 2. The molecule has 8 nitrogen and oxygen atoms in total. The van der Waals surface area contributed by atoms with Gasteiger partial charge in [-0.05, 0) is 54.1 Å². The molecule has 0 aromatic heterocycles. The lowest BCUT2D eigenvalue weighted by molar-refractivity contribution is 0.0375. The topological polar surface area (TPSA) is 136 Å². The Morgan fingerprint density at radius 1 is 1.09 bits per heavy atom. The second-order valence-electron chi connectivity index (χ2n) is 8.12. The van der Waals surface area contributed by atoms with Crippen LogP contribution < -0.4 is 11.1 Å². The highest BCUT2D eigenvalue weighted by Gasteiger charge is 2.32. The van der Waals surface area contributed by atoms with E-state index < -0.39 is 37.2 Å². The smallest absolute Gasteiger partial charge is 0.251 e. The minimum absolute atomic E-state index is 0.0962. The first-order valence-electron chi connectivity index (χ1n) is 9.89. The molecular formula is C22H25Cl2N3O5. The molecule has 1 atom stereocenters. The molecule has 0 saturated carbocycles. The minimum atomic E-state index is -1.61. The normalized spacial score (nSPS) is 16.5. The Morgan fingerprint density at radius 3 is 2.31 bits per heavy atom. The van der Waals surface area contributed by atoms with Crippen LogP contribution in [0.25, 0.3) is 0 Å². The maximum Gasteiger partial charge on any atom is 0.251 e. The minimum Gasteiger partial charge on any atom is -0.394 e. The summed E-state index contributed by atoms with van der Waals surface area (Å²) in [4.78, 5) is 27.0. The Morgan fingerprint density at radius 2 is 1.72 bits per heavy atom. The van der Waals surface area contributed by atoms with Gasteiger partial charge >= 0.3 is 0 Å². The van der Waals surface area contributed by atoms with Crippen molar-refractivity contribution in [3.05, 3.63) is 68.2 Å². The molecule has 0 bridgehead atoms. The number of hydrogen-bond acceptors (Lipinski definition) is 6. The number of carbonyl (C=O) groups is 2. The van der Waals surface area contributed by atoms with Gasteiger partial charge in [-0.15, -0.1) is 0 Å². The van der Waals surface area contributed by atoms with Crippen molar-refractivity contribution in [3.8, 4) is 0 Å². The van der Waals surface area contributed by atoms with Crippen LogP contribution in [0.4, 0.5) is 0 Å². The maximum atomic E-state index is 12.9. The van der Waals surface area contributed by atoms with Crippen molar-refractivity contribution in [1.82, 2.24) is 10.2 Å². The lowest BCUT2D eigenvalue weighted by Gasteiger charge is -2.34. The van der Waals surface area contributed by atoms with Crippen LogP contribution >= 0.6 is 23.2 Å². The number of amides is 2. The number of rotatable bonds is 7. The van der Waals surface area contributed by atoms with Gasteiger partial charge in [0.05, 0.1) is 19.8 Å². The molecule has 1 aliphatic heterocycles. The molecule has 2 amide bonds. The van der Waals surface area contributed by atoms with E-state index in [0.29, 0.717) is 28.7 Å². The molecule has 2 aromatic rings. The fraction of sp³-hybridized carbons (Fsp3) is 0.364. The molecule has 0 radical (unpaired) electrons. The van der Waals surface area contributed by atoms with Gasteiger partial charge in [0.2, 0.25) is 5.91 Å². The molecular weight excluding hydrogens is 457 g/mol. The van der Waals surface area contributed by atoms with Gasteiger partial charge in [-0.3, -0.25) is 9.59 Å². The zero-order valence-electron chi connectivity index (χ0n) is 17.4. The van der Waals surface area contributed by atoms with Crippen molar-refractivity contribution in [1.29, 1.82) is 0 Å². The van der Waals surface area contributed by atoms with Gasteiger partial charge in [-0.1, -0.05) is 23.2 Å². The van der Waals surface area contributed by atoms with Crippen molar-refractivity contribution in [2.24, 2.45) is 5.73 Å². The molecule has 0 fully saturated rings. The molecule has 1 heterocycles. The average molecular weight is 482 g/mol. The predicted octanol–water partition coefficient (Wildman–Crippen LogP) is 1.12. The number of fused-ring (bicyclic) bond motifs is 1. The van der Waals surface area contributed by atoms with Crippen molar-refractivity contribution in [2.75, 3.05) is 33.4 Å². The van der Waals surface area contributed by atoms with E-state index >= 15 is 0 Å². The largest absolute Gasteiger partial charge is 0.394 e. The summed E-state index contributed by atoms with van der Waals surface area (Å²) in [5, 5.41) is 32.0. The summed E-state index contributed by atoms with van der Waals surface area (Å²) in [7, 11) is 1.94. The summed E-state index contributed by atoms with van der Waals surface area (Å²) in [6, 6.07) is 8.07. The molecule has 10 heteroatoms. The third kappa shape index (κ3) is 4.91. The summed E-state index contributed by atoms with van der Waals surface area (Å²) in [6.45, 7) is -0.818. The summed E-state index contributed by atoms with van der Waals surface area (Å²) in [6.07, 6.45) is 0. The fourth-order valence-electron chi connectivity index (χ4n) is 3.84. The van der Waals surface area contributed by atoms with Crippen LogP contribution in [0.15, 0.2) is 30.3 Å². The van der Waals surface area contributed by atoms with Crippen LogP contribution in [-0.2, 0) is 6.54 Å². The molecule has 1 aliphatic rings. The maximum absolute atomic E-state index is 12.9. The number of benzene rings is 2. The second kappa shape index (κ2) is 9.74. The zero-order valence-corrected chi connectivity index (χ0v) is 19.0. The van der Waals surface area contributed by atoms with E-state index in [1.807, 2.05) is 13.1 Å². The second-order valence-corrected chi connectivity index (χ2v) is 8.97. The van der Waals surface area contributed by atoms with E-state index in [9.17, 15) is 24.9 Å². The zero-order chi connectivity index (χ0) is 23.6. The highest BCUT2D eigenvalue weighted by Crippen LogP contribution is 2.39. The van der Waals surface area contributed by atoms with Gasteiger partial charge in [-0.2, -0.15) is 0 Å². The highest BCUT2D eigenvalue weighted by molar-refractivity contribution is 6.35. The number of aliphatic hydroxyl groups excluding tert-OH is 3. The summed E-state index contributed by atoms with van der Waals surface area (Å²) < 4.78 is 0. The number of aliphatic hydroxyl groups is 3. The molecule has 0 aliphatic carbocycles. The van der Waals surface area contributed by atoms with Crippen LogP contribution in [0.1, 0.15) is 43.3 Å². The first-order valence-corrected chi connectivity index (χ1v) is 10.6. The van der Waals surface area contributed by atoms with Crippen LogP contribution in [0.3, 0.4) is 0 Å². The Labute approximate surface area is 195 Å². The number of nitrogens with two attached hydrogens (primary N) is 1. The number of likely N-dealkylation sites (N-methyl/N-ethyl adjacent to an activating group) is 1. The molecule has 172 valence electrons. The number of hydrogen-bond donors (Lipinski definition) is 5. The van der Waals surface area contributed by atoms with Gasteiger partial charge in [0.1, 0.15) is 5.54 Å². The van der Waals surface area contributed by atoms with Gasteiger partial charge in [0.25, 0.3) is 5.91 Å². The predicted molar refractivity (Wildman–Crippen MR) is 121 cm³/mol. The van der Waals surface area contributed by atoms with Crippen LogP contribution in [0.2, 0.25) is 10.0 Å². The van der Waals surface area contributed by atoms with E-state index in [1.165, 1.54) is 6.07 Å². The van der Waals surface area contributed by atoms with Crippen LogP contribution in [0.5, 0.6) is 0 Å². The number of halogens is 2. The third-order valence-corrected chi connectivity index (χ3v) is 6.24. The summed E-state index contributed by atoms with van der Waals surface area (Å²) in [5.41, 5.74) is 6.57. The summed E-state index contributed by atoms with van der Waals surface area (Å²) in [5.74, 6) is -1.64. The summed E-state index contributed by atoms with van der Waals surface area (Å²) >= 11 is 12.7. The highest BCUT2D eigenvalue weighted by atomic mass is 35.5. The Bertz CT molecular complexity index is 1030. The van der Waals surface area contributed by atoms with E-state index in [2.05, 4.69) is 10.2 Å². The van der Waals surface area contributed by atoms with E-state index in [4.69, 9.17) is 28.9 Å². The number of primary amides is 1. The molecule has 3 rings (SSSR count). The molecule has 32 heavy (non-hydrogen) atoms. The fourth-order valence-corrected chi connectivity index (χ4v) is 4.41. The number of nitrogens with zero attached hydrogens (tertiary/aromatic N) is 1. The van der Waals surface area contributed by atoms with Crippen LogP contribution in [-0.4, -0.2) is 71.0 Å². The SMILES string of the molecule is CN1Cc2c(Cl)cc(Cl)cc2C(c2cc(C(N)=O)cc(C(=O)NC(CO)(CO)CO)c2)C1. The van der Waals surface area contributed by atoms with Crippen LogP contribution in [0, 0.1) is 0 Å². The lowest BCUT2D eigenvalue weighted by Crippen LogP contribution is -2.57. The van der Waals surface area contributed by atoms with Gasteiger partial charge in [0, 0.05) is 40.2 Å². The van der Waals surface area contributed by atoms with Crippen molar-refractivity contribution in [3.63, 3.8) is 0 Å². The Balaban J connectivity index is 2.10. The van der Waals surface area contributed by atoms with Crippen molar-refractivity contribution >= 4 is 35.0 Å². The van der Waals surface area contributed by atoms with Gasteiger partial charge in [0.15, 0.2) is 0 Å². The Hall–Kier alpha value is -2.20. The first-order chi connectivity index (χ1) is 15.1. The average Bonchev–Trinajstić information content (AvgIpc) is 2.77. The standard InChI is InChI=1S/C22H25Cl2N3O5/c1-27-7-17(16-5-15(23)6-19(24)18(16)8-27)12-2-13(20(25)31)4-14(3-12)21(32)26-22(9-28,10-29)11-30/h2-6,17,28-30H,7-11H2,1H3,(H2,25,31)(H,26,32). The molecule has 0 saturated heterocycles. The lowest BCUT2D eigenvalue weighted by atomic mass is 9.83. The van der Waals surface area contributed by atoms with Gasteiger partial charge in [-0.25, -0.2) is 0 Å². The van der Waals surface area contributed by atoms with Crippen molar-refractivity contribution in [2.45, 2.75) is 18.0 Å². The molecule has 0 spiro atoms. The number of nitrogens with one attached hydrogen (secondary N) is 1. The van der Waals surface area contributed by atoms with Gasteiger partial charge < -0.3 is 31.3 Å². The quantitative estimate of drug-likeness (QED) is 0.401. The molecule has 1 unspecified atom stereocenters. The van der Waals surface area contributed by atoms with E-state index in [-0.39, 0.29) is 17.0 Å². The Kier molecular flexibility index (Phi) is 7.44.